The van der Waals surface area contributed by atoms with E-state index in [9.17, 15) is 4.79 Å². The number of thiazole rings is 1. The molecule has 2 aromatic carbocycles. The van der Waals surface area contributed by atoms with E-state index in [0.29, 0.717) is 11.6 Å². The zero-order chi connectivity index (χ0) is 15.5. The summed E-state index contributed by atoms with van der Waals surface area (Å²) < 4.78 is 6.19. The van der Waals surface area contributed by atoms with E-state index in [1.165, 1.54) is 11.3 Å². The van der Waals surface area contributed by atoms with Crippen LogP contribution in [0.3, 0.4) is 0 Å². The molecule has 1 amide bonds. The first-order chi connectivity index (χ1) is 10.7. The predicted molar refractivity (Wildman–Crippen MR) is 89.7 cm³/mol. The molecule has 0 aliphatic carbocycles. The van der Waals surface area contributed by atoms with Gasteiger partial charge in [-0.05, 0) is 36.2 Å². The van der Waals surface area contributed by atoms with Gasteiger partial charge in [-0.1, -0.05) is 35.6 Å². The summed E-state index contributed by atoms with van der Waals surface area (Å²) >= 11 is 1.49. The summed E-state index contributed by atoms with van der Waals surface area (Å²) in [6.45, 7) is 2.02. The smallest absolute Gasteiger partial charge is 0.230 e. The average molecular weight is 312 g/mol. The Hall–Kier alpha value is -2.40. The molecule has 0 spiro atoms. The van der Waals surface area contributed by atoms with Crippen molar-refractivity contribution in [3.8, 4) is 5.75 Å². The fourth-order valence-electron chi connectivity index (χ4n) is 2.23. The van der Waals surface area contributed by atoms with E-state index in [1.54, 1.807) is 7.11 Å². The molecule has 112 valence electrons. The van der Waals surface area contributed by atoms with Crippen LogP contribution in [0, 0.1) is 6.92 Å². The number of fused-ring (bicyclic) bond motifs is 1. The van der Waals surface area contributed by atoms with Crippen LogP contribution < -0.4 is 10.1 Å². The molecule has 1 aromatic heterocycles. The third-order valence-electron chi connectivity index (χ3n) is 3.39. The SMILES string of the molecule is COc1ccc(CC(=O)Nc2nc3c(C)cccc3s2)cc1. The molecular weight excluding hydrogens is 296 g/mol. The maximum absolute atomic E-state index is 12.1. The second kappa shape index (κ2) is 6.15. The number of methoxy groups -OCH3 is 1. The number of hydrogen-bond acceptors (Lipinski definition) is 4. The summed E-state index contributed by atoms with van der Waals surface area (Å²) in [5, 5.41) is 3.51. The number of benzene rings is 2. The molecule has 0 saturated heterocycles. The Morgan fingerprint density at radius 3 is 2.68 bits per heavy atom. The van der Waals surface area contributed by atoms with Gasteiger partial charge in [0.15, 0.2) is 5.13 Å². The lowest BCUT2D eigenvalue weighted by molar-refractivity contribution is -0.115. The van der Waals surface area contributed by atoms with Gasteiger partial charge in [-0.25, -0.2) is 4.98 Å². The van der Waals surface area contributed by atoms with Gasteiger partial charge < -0.3 is 10.1 Å². The van der Waals surface area contributed by atoms with Gasteiger partial charge in [0.25, 0.3) is 0 Å². The summed E-state index contributed by atoms with van der Waals surface area (Å²) in [6.07, 6.45) is 0.318. The van der Waals surface area contributed by atoms with Crippen LogP contribution in [0.4, 0.5) is 5.13 Å². The number of para-hydroxylation sites is 1. The monoisotopic (exact) mass is 312 g/mol. The number of rotatable bonds is 4. The van der Waals surface area contributed by atoms with Gasteiger partial charge in [-0.15, -0.1) is 0 Å². The van der Waals surface area contributed by atoms with Crippen molar-refractivity contribution >= 4 is 32.6 Å². The van der Waals surface area contributed by atoms with E-state index >= 15 is 0 Å². The van der Waals surface area contributed by atoms with Gasteiger partial charge in [0.05, 0.1) is 23.7 Å². The maximum atomic E-state index is 12.1. The maximum Gasteiger partial charge on any atom is 0.230 e. The Morgan fingerprint density at radius 1 is 1.23 bits per heavy atom. The number of nitrogens with zero attached hydrogens (tertiary/aromatic N) is 1. The number of aromatic nitrogens is 1. The molecule has 0 bridgehead atoms. The number of carbonyl (C=O) groups excluding carboxylic acids is 1. The van der Waals surface area contributed by atoms with E-state index in [4.69, 9.17) is 4.74 Å². The van der Waals surface area contributed by atoms with E-state index in [-0.39, 0.29) is 5.91 Å². The minimum absolute atomic E-state index is 0.0677. The Morgan fingerprint density at radius 2 is 2.00 bits per heavy atom. The number of nitrogens with one attached hydrogen (secondary N) is 1. The van der Waals surface area contributed by atoms with Crippen molar-refractivity contribution in [2.45, 2.75) is 13.3 Å². The lowest BCUT2D eigenvalue weighted by Gasteiger charge is -2.03. The quantitative estimate of drug-likeness (QED) is 0.797. The van der Waals surface area contributed by atoms with Crippen LogP contribution in [0.2, 0.25) is 0 Å². The van der Waals surface area contributed by atoms with Gasteiger partial charge >= 0.3 is 0 Å². The first-order valence-corrected chi connectivity index (χ1v) is 7.76. The normalized spacial score (nSPS) is 10.6. The zero-order valence-electron chi connectivity index (χ0n) is 12.4. The summed E-state index contributed by atoms with van der Waals surface area (Å²) in [5.41, 5.74) is 3.01. The Labute approximate surface area is 132 Å². The number of carbonyl (C=O) groups is 1. The third kappa shape index (κ3) is 3.09. The molecule has 4 nitrogen and oxygen atoms in total. The number of anilines is 1. The summed E-state index contributed by atoms with van der Waals surface area (Å²) in [7, 11) is 1.62. The second-order valence-electron chi connectivity index (χ2n) is 5.01. The highest BCUT2D eigenvalue weighted by Gasteiger charge is 2.09. The molecular formula is C17H16N2O2S. The fourth-order valence-corrected chi connectivity index (χ4v) is 3.19. The lowest BCUT2D eigenvalue weighted by Crippen LogP contribution is -2.14. The number of ether oxygens (including phenoxy) is 1. The van der Waals surface area contributed by atoms with Crippen molar-refractivity contribution in [3.05, 3.63) is 53.6 Å². The van der Waals surface area contributed by atoms with Crippen molar-refractivity contribution in [3.63, 3.8) is 0 Å². The minimum Gasteiger partial charge on any atom is -0.497 e. The van der Waals surface area contributed by atoms with E-state index < -0.39 is 0 Å². The first-order valence-electron chi connectivity index (χ1n) is 6.94. The van der Waals surface area contributed by atoms with Gasteiger partial charge in [0.2, 0.25) is 5.91 Å². The molecule has 0 atom stereocenters. The molecule has 0 unspecified atom stereocenters. The molecule has 0 fully saturated rings. The highest BCUT2D eigenvalue weighted by molar-refractivity contribution is 7.22. The van der Waals surface area contributed by atoms with Crippen LogP contribution in [-0.4, -0.2) is 18.0 Å². The molecule has 1 heterocycles. The van der Waals surface area contributed by atoms with Gasteiger partial charge in [0.1, 0.15) is 5.75 Å². The first kappa shape index (κ1) is 14.5. The standard InChI is InChI=1S/C17H16N2O2S/c1-11-4-3-5-14-16(11)19-17(22-14)18-15(20)10-12-6-8-13(21-2)9-7-12/h3-9H,10H2,1-2H3,(H,18,19,20). The van der Waals surface area contributed by atoms with Crippen molar-refractivity contribution < 1.29 is 9.53 Å². The molecule has 1 N–H and O–H groups in total. The van der Waals surface area contributed by atoms with Crippen LogP contribution >= 0.6 is 11.3 Å². The number of amides is 1. The molecule has 22 heavy (non-hydrogen) atoms. The largest absolute Gasteiger partial charge is 0.497 e. The molecule has 0 aliphatic heterocycles. The van der Waals surface area contributed by atoms with Gasteiger partial charge in [-0.2, -0.15) is 0 Å². The molecule has 5 heteroatoms. The van der Waals surface area contributed by atoms with Crippen LogP contribution in [0.1, 0.15) is 11.1 Å². The van der Waals surface area contributed by atoms with Crippen LogP contribution in [0.15, 0.2) is 42.5 Å². The highest BCUT2D eigenvalue weighted by Crippen LogP contribution is 2.27. The minimum atomic E-state index is -0.0677. The topological polar surface area (TPSA) is 51.2 Å². The highest BCUT2D eigenvalue weighted by atomic mass is 32.1. The van der Waals surface area contributed by atoms with Gasteiger partial charge in [0, 0.05) is 0 Å². The Kier molecular flexibility index (Phi) is 4.06. The zero-order valence-corrected chi connectivity index (χ0v) is 13.2. The summed E-state index contributed by atoms with van der Waals surface area (Å²) in [5.74, 6) is 0.715. The summed E-state index contributed by atoms with van der Waals surface area (Å²) in [4.78, 5) is 16.6. The fraction of sp³-hybridized carbons (Fsp3) is 0.176. The molecule has 0 radical (unpaired) electrons. The van der Waals surface area contributed by atoms with Crippen molar-refractivity contribution in [2.24, 2.45) is 0 Å². The van der Waals surface area contributed by atoms with Gasteiger partial charge in [-0.3, -0.25) is 4.79 Å². The molecule has 0 saturated carbocycles. The second-order valence-corrected chi connectivity index (χ2v) is 6.04. The third-order valence-corrected chi connectivity index (χ3v) is 4.33. The van der Waals surface area contributed by atoms with Crippen molar-refractivity contribution in [1.82, 2.24) is 4.98 Å². The predicted octanol–water partition coefficient (Wildman–Crippen LogP) is 3.79. The van der Waals surface area contributed by atoms with E-state index in [0.717, 1.165) is 27.1 Å². The molecule has 3 rings (SSSR count). The Balaban J connectivity index is 1.71. The Bertz CT molecular complexity index is 809. The average Bonchev–Trinajstić information content (AvgIpc) is 2.92. The van der Waals surface area contributed by atoms with Crippen molar-refractivity contribution in [1.29, 1.82) is 0 Å². The molecule has 0 aliphatic rings. The van der Waals surface area contributed by atoms with Crippen molar-refractivity contribution in [2.75, 3.05) is 12.4 Å². The van der Waals surface area contributed by atoms with Crippen LogP contribution in [0.25, 0.3) is 10.2 Å². The van der Waals surface area contributed by atoms with Crippen LogP contribution in [-0.2, 0) is 11.2 Å². The number of aryl methyl sites for hydroxylation is 1. The number of hydrogen-bond donors (Lipinski definition) is 1. The van der Waals surface area contributed by atoms with E-state index in [2.05, 4.69) is 10.3 Å². The lowest BCUT2D eigenvalue weighted by atomic mass is 10.1. The summed E-state index contributed by atoms with van der Waals surface area (Å²) in [6, 6.07) is 13.5. The van der Waals surface area contributed by atoms with Crippen LogP contribution in [0.5, 0.6) is 5.75 Å². The molecule has 3 aromatic rings. The van der Waals surface area contributed by atoms with E-state index in [1.807, 2.05) is 49.4 Å².